The lowest BCUT2D eigenvalue weighted by atomic mass is 10.1. The lowest BCUT2D eigenvalue weighted by Gasteiger charge is -2.36. The Kier molecular flexibility index (Phi) is 4.92. The van der Waals surface area contributed by atoms with Crippen molar-refractivity contribution in [1.29, 1.82) is 0 Å². The third-order valence-electron chi connectivity index (χ3n) is 3.73. The van der Waals surface area contributed by atoms with Crippen molar-refractivity contribution in [3.63, 3.8) is 0 Å². The normalized spacial score (nSPS) is 20.7. The summed E-state index contributed by atoms with van der Waals surface area (Å²) >= 11 is 1.25. The van der Waals surface area contributed by atoms with Crippen molar-refractivity contribution in [2.75, 3.05) is 18.4 Å². The molecule has 7 heteroatoms. The average Bonchev–Trinajstić information content (AvgIpc) is 3.02. The van der Waals surface area contributed by atoms with Crippen molar-refractivity contribution in [2.24, 2.45) is 0 Å². The zero-order valence-corrected chi connectivity index (χ0v) is 14.4. The van der Waals surface area contributed by atoms with Crippen LogP contribution in [0.15, 0.2) is 35.7 Å². The lowest BCUT2D eigenvalue weighted by Crippen LogP contribution is -2.46. The molecule has 1 saturated heterocycles. The minimum absolute atomic E-state index is 0.0543. The van der Waals surface area contributed by atoms with E-state index in [0.29, 0.717) is 23.9 Å². The highest BCUT2D eigenvalue weighted by molar-refractivity contribution is 7.14. The lowest BCUT2D eigenvalue weighted by molar-refractivity contribution is -0.114. The van der Waals surface area contributed by atoms with Gasteiger partial charge in [-0.2, -0.15) is 0 Å². The van der Waals surface area contributed by atoms with Crippen molar-refractivity contribution in [1.82, 2.24) is 9.88 Å². The second-order valence-corrected chi connectivity index (χ2v) is 6.63. The summed E-state index contributed by atoms with van der Waals surface area (Å²) in [4.78, 5) is 29.8. The molecule has 6 nitrogen and oxygen atoms in total. The van der Waals surface area contributed by atoms with Crippen molar-refractivity contribution in [2.45, 2.75) is 26.1 Å². The summed E-state index contributed by atoms with van der Waals surface area (Å²) < 4.78 is 5.98. The molecule has 0 unspecified atom stereocenters. The van der Waals surface area contributed by atoms with E-state index in [4.69, 9.17) is 4.74 Å². The predicted octanol–water partition coefficient (Wildman–Crippen LogP) is 2.70. The summed E-state index contributed by atoms with van der Waals surface area (Å²) in [5.41, 5.74) is 1.41. The van der Waals surface area contributed by atoms with Gasteiger partial charge >= 0.3 is 0 Å². The number of benzene rings is 1. The van der Waals surface area contributed by atoms with Gasteiger partial charge < -0.3 is 15.0 Å². The number of nitrogens with zero attached hydrogens (tertiary/aromatic N) is 2. The molecule has 1 N–H and O–H groups in total. The minimum Gasteiger partial charge on any atom is -0.367 e. The standard InChI is InChI=1S/C17H19N3O3S/c1-11-8-20(9-15(23-11)13-6-4-3-5-7-13)16(22)14-10-24-17(19-14)18-12(2)21/h3-7,10-11,15H,8-9H2,1-2H3,(H,18,19,21)/t11-,15+/m0/s1. The quantitative estimate of drug-likeness (QED) is 0.928. The van der Waals surface area contributed by atoms with Crippen LogP contribution in [0.25, 0.3) is 0 Å². The molecular weight excluding hydrogens is 326 g/mol. The zero-order chi connectivity index (χ0) is 17.1. The Labute approximate surface area is 144 Å². The number of hydrogen-bond acceptors (Lipinski definition) is 5. The van der Waals surface area contributed by atoms with Crippen LogP contribution in [0.2, 0.25) is 0 Å². The van der Waals surface area contributed by atoms with Crippen molar-refractivity contribution < 1.29 is 14.3 Å². The van der Waals surface area contributed by atoms with E-state index in [1.807, 2.05) is 37.3 Å². The van der Waals surface area contributed by atoms with Gasteiger partial charge in [0.2, 0.25) is 5.91 Å². The molecule has 1 aromatic carbocycles. The van der Waals surface area contributed by atoms with Gasteiger partial charge in [-0.05, 0) is 12.5 Å². The molecule has 0 spiro atoms. The smallest absolute Gasteiger partial charge is 0.273 e. The van der Waals surface area contributed by atoms with Gasteiger partial charge in [0.1, 0.15) is 11.8 Å². The maximum atomic E-state index is 12.7. The van der Waals surface area contributed by atoms with Gasteiger partial charge in [-0.15, -0.1) is 11.3 Å². The molecule has 1 aliphatic heterocycles. The van der Waals surface area contributed by atoms with E-state index in [1.54, 1.807) is 10.3 Å². The van der Waals surface area contributed by atoms with Gasteiger partial charge in [0, 0.05) is 18.8 Å². The predicted molar refractivity (Wildman–Crippen MR) is 92.1 cm³/mol. The Morgan fingerprint density at radius 2 is 2.04 bits per heavy atom. The van der Waals surface area contributed by atoms with E-state index in [-0.39, 0.29) is 24.0 Å². The number of thiazole rings is 1. The number of amides is 2. The van der Waals surface area contributed by atoms with E-state index in [0.717, 1.165) is 5.56 Å². The molecule has 24 heavy (non-hydrogen) atoms. The number of aromatic nitrogens is 1. The van der Waals surface area contributed by atoms with E-state index < -0.39 is 0 Å². The first-order chi connectivity index (χ1) is 11.5. The number of carbonyl (C=O) groups is 2. The second kappa shape index (κ2) is 7.11. The number of carbonyl (C=O) groups excluding carboxylic acids is 2. The van der Waals surface area contributed by atoms with Crippen LogP contribution in [0.4, 0.5) is 5.13 Å². The Morgan fingerprint density at radius 1 is 1.29 bits per heavy atom. The molecule has 0 aliphatic carbocycles. The van der Waals surface area contributed by atoms with Crippen molar-refractivity contribution in [3.8, 4) is 0 Å². The number of morpholine rings is 1. The third kappa shape index (κ3) is 3.80. The summed E-state index contributed by atoms with van der Waals surface area (Å²) in [5.74, 6) is -0.341. The topological polar surface area (TPSA) is 71.5 Å². The summed E-state index contributed by atoms with van der Waals surface area (Å²) in [7, 11) is 0. The summed E-state index contributed by atoms with van der Waals surface area (Å²) in [6.45, 7) is 4.38. The van der Waals surface area contributed by atoms with Crippen LogP contribution in [0.1, 0.15) is 36.0 Å². The van der Waals surface area contributed by atoms with Crippen LogP contribution in [-0.2, 0) is 9.53 Å². The fraction of sp³-hybridized carbons (Fsp3) is 0.353. The first-order valence-corrected chi connectivity index (χ1v) is 8.63. The van der Waals surface area contributed by atoms with E-state index >= 15 is 0 Å². The summed E-state index contributed by atoms with van der Waals surface area (Å²) in [6, 6.07) is 9.89. The molecule has 0 bridgehead atoms. The zero-order valence-electron chi connectivity index (χ0n) is 13.6. The molecule has 1 fully saturated rings. The minimum atomic E-state index is -0.201. The molecule has 3 rings (SSSR count). The van der Waals surface area contributed by atoms with Gasteiger partial charge in [0.15, 0.2) is 5.13 Å². The largest absolute Gasteiger partial charge is 0.367 e. The molecule has 1 aliphatic rings. The van der Waals surface area contributed by atoms with Crippen molar-refractivity contribution >= 4 is 28.3 Å². The van der Waals surface area contributed by atoms with Crippen molar-refractivity contribution in [3.05, 3.63) is 47.0 Å². The van der Waals surface area contributed by atoms with E-state index in [9.17, 15) is 9.59 Å². The molecular formula is C17H19N3O3S. The molecule has 2 amide bonds. The van der Waals surface area contributed by atoms with E-state index in [1.165, 1.54) is 18.3 Å². The maximum Gasteiger partial charge on any atom is 0.273 e. The van der Waals surface area contributed by atoms with Gasteiger partial charge in [0.05, 0.1) is 12.6 Å². The van der Waals surface area contributed by atoms with Crippen LogP contribution in [0.3, 0.4) is 0 Å². The number of rotatable bonds is 3. The number of anilines is 1. The molecule has 0 saturated carbocycles. The average molecular weight is 345 g/mol. The first kappa shape index (κ1) is 16.6. The fourth-order valence-corrected chi connectivity index (χ4v) is 3.44. The van der Waals surface area contributed by atoms with Gasteiger partial charge in [-0.3, -0.25) is 9.59 Å². The van der Waals surface area contributed by atoms with Gasteiger partial charge in [-0.25, -0.2) is 4.98 Å². The Bertz CT molecular complexity index is 732. The monoisotopic (exact) mass is 345 g/mol. The molecule has 0 radical (unpaired) electrons. The molecule has 2 heterocycles. The van der Waals surface area contributed by atoms with Crippen LogP contribution in [-0.4, -0.2) is 40.9 Å². The van der Waals surface area contributed by atoms with Crippen LogP contribution in [0, 0.1) is 0 Å². The maximum absolute atomic E-state index is 12.7. The molecule has 1 aromatic heterocycles. The highest BCUT2D eigenvalue weighted by Crippen LogP contribution is 2.26. The number of hydrogen-bond donors (Lipinski definition) is 1. The first-order valence-electron chi connectivity index (χ1n) is 7.75. The Hall–Kier alpha value is -2.25. The third-order valence-corrected chi connectivity index (χ3v) is 4.48. The Balaban J connectivity index is 1.74. The van der Waals surface area contributed by atoms with Crippen LogP contribution in [0.5, 0.6) is 0 Å². The summed E-state index contributed by atoms with van der Waals surface area (Å²) in [6.07, 6.45) is -0.200. The van der Waals surface area contributed by atoms with E-state index in [2.05, 4.69) is 10.3 Å². The highest BCUT2D eigenvalue weighted by Gasteiger charge is 2.30. The molecule has 2 aromatic rings. The molecule has 2 atom stereocenters. The SMILES string of the molecule is CC(=O)Nc1nc(C(=O)N2C[C@H](C)O[C@@H](c3ccccc3)C2)cs1. The van der Waals surface area contributed by atoms with Crippen LogP contribution < -0.4 is 5.32 Å². The number of nitrogens with one attached hydrogen (secondary N) is 1. The fourth-order valence-electron chi connectivity index (χ4n) is 2.71. The highest BCUT2D eigenvalue weighted by atomic mass is 32.1. The molecule has 126 valence electrons. The Morgan fingerprint density at radius 3 is 2.75 bits per heavy atom. The second-order valence-electron chi connectivity index (χ2n) is 5.78. The van der Waals surface area contributed by atoms with Gasteiger partial charge in [-0.1, -0.05) is 30.3 Å². The number of ether oxygens (including phenoxy) is 1. The summed E-state index contributed by atoms with van der Waals surface area (Å²) in [5, 5.41) is 4.71. The van der Waals surface area contributed by atoms with Gasteiger partial charge in [0.25, 0.3) is 5.91 Å². The van der Waals surface area contributed by atoms with Crippen LogP contribution >= 0.6 is 11.3 Å².